The van der Waals surface area contributed by atoms with Gasteiger partial charge in [0, 0.05) is 45.3 Å². The predicted octanol–water partition coefficient (Wildman–Crippen LogP) is 9.18. The molecule has 0 amide bonds. The Labute approximate surface area is 327 Å². The van der Waals surface area contributed by atoms with E-state index in [0.29, 0.717) is 35.5 Å². The van der Waals surface area contributed by atoms with Gasteiger partial charge in [-0.05, 0) is 103 Å². The number of aliphatic hydroxyl groups excluding tert-OH is 1. The largest absolute Gasteiger partial charge is 0.393 e. The summed E-state index contributed by atoms with van der Waals surface area (Å²) in [6.07, 6.45) is 12.0. The fraction of sp³-hybridized carbons (Fsp3) is 0.444. The first-order chi connectivity index (χ1) is 25.9. The van der Waals surface area contributed by atoms with Gasteiger partial charge >= 0.3 is 0 Å². The maximum Gasteiger partial charge on any atom is 0.252 e. The van der Waals surface area contributed by atoms with Gasteiger partial charge in [0.25, 0.3) is 10.0 Å². The van der Waals surface area contributed by atoms with Gasteiger partial charge in [0.1, 0.15) is 4.21 Å². The Hall–Kier alpha value is -3.18. The summed E-state index contributed by atoms with van der Waals surface area (Å²) < 4.78 is 30.4. The van der Waals surface area contributed by atoms with Crippen LogP contribution < -0.4 is 0 Å². The van der Waals surface area contributed by atoms with E-state index in [1.54, 1.807) is 33.2 Å². The van der Waals surface area contributed by atoms with Crippen molar-refractivity contribution in [2.45, 2.75) is 81.1 Å². The van der Waals surface area contributed by atoms with Crippen LogP contribution in [0.25, 0.3) is 11.1 Å². The molecule has 2 bridgehead atoms. The van der Waals surface area contributed by atoms with Crippen LogP contribution in [0, 0.1) is 33.5 Å². The molecule has 2 heterocycles. The van der Waals surface area contributed by atoms with Crippen molar-refractivity contribution in [3.63, 3.8) is 0 Å². The van der Waals surface area contributed by atoms with Crippen molar-refractivity contribution < 1.29 is 23.4 Å². The van der Waals surface area contributed by atoms with Crippen molar-refractivity contribution in [1.82, 2.24) is 4.31 Å². The molecule has 8 unspecified atom stereocenters. The van der Waals surface area contributed by atoms with Gasteiger partial charge in [-0.25, -0.2) is 8.42 Å². The van der Waals surface area contributed by atoms with Crippen molar-refractivity contribution in [2.75, 3.05) is 13.1 Å². The zero-order valence-electron chi connectivity index (χ0n) is 31.0. The van der Waals surface area contributed by atoms with Gasteiger partial charge in [-0.2, -0.15) is 4.31 Å². The Bertz CT molecular complexity index is 2210. The van der Waals surface area contributed by atoms with E-state index >= 15 is 4.79 Å². The molecular weight excluding hydrogens is 731 g/mol. The summed E-state index contributed by atoms with van der Waals surface area (Å²) in [6.45, 7) is 4.86. The topological polar surface area (TPSA) is 94.9 Å². The number of hydrogen-bond donors (Lipinski definition) is 2. The SMILES string of the molecule is CC12CCC(O)CC13C=CC1(C(C(=O)c4ccc(-c5ccccc5)cc4)=C3)C2CCC2(C)C1CCC2(O)CN(CCc1cccs1)S(=O)(=O)c1cccs1. The van der Waals surface area contributed by atoms with Crippen molar-refractivity contribution in [2.24, 2.45) is 33.5 Å². The average Bonchev–Trinajstić information content (AvgIpc) is 3.96. The minimum Gasteiger partial charge on any atom is -0.393 e. The monoisotopic (exact) mass is 779 g/mol. The molecule has 6 aliphatic carbocycles. The molecule has 2 spiro atoms. The number of thiophene rings is 2. The minimum atomic E-state index is -3.86. The molecule has 2 aromatic heterocycles. The zero-order valence-corrected chi connectivity index (χ0v) is 33.4. The first-order valence-electron chi connectivity index (χ1n) is 19.5. The number of allylic oxidation sites excluding steroid dienone is 4. The van der Waals surface area contributed by atoms with Gasteiger partial charge in [0.05, 0.1) is 11.7 Å². The molecule has 8 atom stereocenters. The molecule has 10 rings (SSSR count). The molecule has 282 valence electrons. The van der Waals surface area contributed by atoms with Gasteiger partial charge in [0.15, 0.2) is 5.78 Å². The summed E-state index contributed by atoms with van der Waals surface area (Å²) in [7, 11) is -3.86. The lowest BCUT2D eigenvalue weighted by Crippen LogP contribution is -2.67. The molecule has 3 fully saturated rings. The average molecular weight is 780 g/mol. The third-order valence-electron chi connectivity index (χ3n) is 14.9. The maximum atomic E-state index is 15.1. The summed E-state index contributed by atoms with van der Waals surface area (Å²) in [4.78, 5) is 16.2. The van der Waals surface area contributed by atoms with E-state index in [2.05, 4.69) is 44.2 Å². The smallest absolute Gasteiger partial charge is 0.252 e. The van der Waals surface area contributed by atoms with Crippen LogP contribution in [0.3, 0.4) is 0 Å². The number of nitrogens with zero attached hydrogens (tertiary/aromatic N) is 1. The Balaban J connectivity index is 1.11. The Morgan fingerprint density at radius 2 is 1.50 bits per heavy atom. The first-order valence-corrected chi connectivity index (χ1v) is 22.7. The van der Waals surface area contributed by atoms with Crippen molar-refractivity contribution in [1.29, 1.82) is 0 Å². The predicted molar refractivity (Wildman–Crippen MR) is 216 cm³/mol. The van der Waals surface area contributed by atoms with Crippen LogP contribution in [-0.4, -0.2) is 53.5 Å². The Morgan fingerprint density at radius 1 is 0.815 bits per heavy atom. The lowest BCUT2D eigenvalue weighted by atomic mass is 9.32. The standard InChI is InChI=1S/C45H49NO5S3/c1-41-20-16-34(47)28-43(41)23-24-45(36(29-43)40(48)33-14-12-32(13-15-33)31-8-4-3-5-9-31)37(41)17-21-42(2)38(45)18-22-44(42,49)30-46(25-19-35-10-6-26-52-35)54(50,51)39-11-7-27-53-39/h3-15,23-24,26-27,29,34,37-38,47,49H,16-22,25,28,30H2,1-2H3. The van der Waals surface area contributed by atoms with Gasteiger partial charge in [0.2, 0.25) is 0 Å². The first kappa shape index (κ1) is 36.5. The summed E-state index contributed by atoms with van der Waals surface area (Å²) in [6, 6.07) is 25.6. The highest BCUT2D eigenvalue weighted by atomic mass is 32.2. The number of ketones is 1. The van der Waals surface area contributed by atoms with Crippen LogP contribution in [0.1, 0.15) is 74.0 Å². The number of carbonyl (C=O) groups excluding carboxylic acids is 1. The third kappa shape index (κ3) is 5.25. The molecule has 6 nitrogen and oxygen atoms in total. The molecule has 3 saturated carbocycles. The molecule has 2 N–H and O–H groups in total. The van der Waals surface area contributed by atoms with E-state index in [9.17, 15) is 18.6 Å². The number of fused-ring (bicyclic) bond motifs is 1. The molecule has 6 aliphatic rings. The summed E-state index contributed by atoms with van der Waals surface area (Å²) in [5.41, 5.74) is 0.433. The van der Waals surface area contributed by atoms with Crippen LogP contribution in [0.15, 0.2) is 118 Å². The highest BCUT2D eigenvalue weighted by Gasteiger charge is 2.74. The zero-order chi connectivity index (χ0) is 37.6. The van der Waals surface area contributed by atoms with Gasteiger partial charge in [-0.3, -0.25) is 4.79 Å². The normalized spacial score (nSPS) is 35.4. The van der Waals surface area contributed by atoms with Gasteiger partial charge in [-0.15, -0.1) is 22.7 Å². The number of aliphatic hydroxyl groups is 2. The van der Waals surface area contributed by atoms with Crippen molar-refractivity contribution >= 4 is 38.5 Å². The van der Waals surface area contributed by atoms with Gasteiger partial charge < -0.3 is 10.2 Å². The lowest BCUT2D eigenvalue weighted by Gasteiger charge is -2.71. The second kappa shape index (κ2) is 12.9. The molecule has 0 saturated heterocycles. The van der Waals surface area contributed by atoms with Crippen LogP contribution in [0.2, 0.25) is 0 Å². The Morgan fingerprint density at radius 3 is 2.22 bits per heavy atom. The fourth-order valence-corrected chi connectivity index (χ4v) is 15.3. The maximum absolute atomic E-state index is 15.1. The third-order valence-corrected chi connectivity index (χ3v) is 19.1. The van der Waals surface area contributed by atoms with E-state index in [4.69, 9.17) is 0 Å². The quantitative estimate of drug-likeness (QED) is 0.124. The number of benzene rings is 2. The van der Waals surface area contributed by atoms with E-state index in [-0.39, 0.29) is 36.1 Å². The van der Waals surface area contributed by atoms with Crippen LogP contribution in [-0.2, 0) is 16.4 Å². The molecule has 0 aliphatic heterocycles. The van der Waals surface area contributed by atoms with E-state index < -0.39 is 38.0 Å². The highest BCUT2D eigenvalue weighted by Crippen LogP contribution is 2.78. The lowest BCUT2D eigenvalue weighted by molar-refractivity contribution is -0.173. The van der Waals surface area contributed by atoms with Crippen molar-refractivity contribution in [3.8, 4) is 11.1 Å². The molecule has 54 heavy (non-hydrogen) atoms. The molecule has 2 aromatic carbocycles. The van der Waals surface area contributed by atoms with E-state index in [0.717, 1.165) is 47.3 Å². The van der Waals surface area contributed by atoms with Crippen LogP contribution >= 0.6 is 22.7 Å². The molecule has 9 heteroatoms. The summed E-state index contributed by atoms with van der Waals surface area (Å²) in [5, 5.41) is 28.0. The summed E-state index contributed by atoms with van der Waals surface area (Å²) in [5.74, 6) is 0.0950. The number of rotatable bonds is 10. The minimum absolute atomic E-state index is 0.0113. The van der Waals surface area contributed by atoms with Gasteiger partial charge in [-0.1, -0.05) is 98.8 Å². The molecular formula is C45H49NO5S3. The number of sulfonamides is 1. The van der Waals surface area contributed by atoms with Crippen LogP contribution in [0.5, 0.6) is 0 Å². The van der Waals surface area contributed by atoms with Crippen LogP contribution in [0.4, 0.5) is 0 Å². The molecule has 4 aromatic rings. The fourth-order valence-electron chi connectivity index (χ4n) is 12.0. The van der Waals surface area contributed by atoms with Crippen molar-refractivity contribution in [3.05, 3.63) is 124 Å². The number of Topliss-reactive ketones (excluding diaryl/α,β-unsaturated/α-hetero) is 1. The number of hydrogen-bond acceptors (Lipinski definition) is 7. The molecule has 0 radical (unpaired) electrons. The Kier molecular flexibility index (Phi) is 8.73. The van der Waals surface area contributed by atoms with E-state index in [1.807, 2.05) is 60.0 Å². The second-order valence-electron chi connectivity index (χ2n) is 17.2. The summed E-state index contributed by atoms with van der Waals surface area (Å²) >= 11 is 2.83. The number of carbonyl (C=O) groups is 1. The highest BCUT2D eigenvalue weighted by molar-refractivity contribution is 7.91. The second-order valence-corrected chi connectivity index (χ2v) is 21.3. The van der Waals surface area contributed by atoms with E-state index in [1.165, 1.54) is 11.3 Å².